The zero-order valence-corrected chi connectivity index (χ0v) is 14.3. The van der Waals surface area contributed by atoms with Crippen LogP contribution in [0.1, 0.15) is 25.0 Å². The molecule has 0 radical (unpaired) electrons. The van der Waals surface area contributed by atoms with Gasteiger partial charge in [0.15, 0.2) is 11.5 Å². The van der Waals surface area contributed by atoms with E-state index in [0.717, 1.165) is 11.1 Å². The first kappa shape index (κ1) is 16.8. The zero-order chi connectivity index (χ0) is 17.6. The predicted molar refractivity (Wildman–Crippen MR) is 97.9 cm³/mol. The molecule has 1 N–H and O–H groups in total. The summed E-state index contributed by atoms with van der Waals surface area (Å²) in [5.41, 5.74) is 2.07. The van der Waals surface area contributed by atoms with Crippen molar-refractivity contribution in [3.63, 3.8) is 0 Å². The van der Waals surface area contributed by atoms with Crippen LogP contribution >= 0.6 is 0 Å². The molecule has 1 amide bonds. The molecular formula is C20H20N2O3. The minimum Gasteiger partial charge on any atom is -0.490 e. The number of nitrogens with one attached hydrogen (secondary N) is 1. The van der Waals surface area contributed by atoms with Crippen LogP contribution in [0.2, 0.25) is 0 Å². The standard InChI is InChI=1S/C20H20N2O3/c1-3-24-17-11-10-14(13-18(17)25-4-2)12-16-20(23)22-19(21-16)15-8-6-5-7-9-15/h5-13H,3-4H2,1-2H3,(H,21,22,23)/b16-12+. The minimum atomic E-state index is -0.217. The zero-order valence-electron chi connectivity index (χ0n) is 14.3. The number of amidine groups is 1. The molecule has 2 aromatic rings. The molecule has 128 valence electrons. The van der Waals surface area contributed by atoms with Gasteiger partial charge in [-0.2, -0.15) is 0 Å². The molecule has 0 atom stereocenters. The quantitative estimate of drug-likeness (QED) is 0.823. The number of carbonyl (C=O) groups is 1. The predicted octanol–water partition coefficient (Wildman–Crippen LogP) is 3.40. The van der Waals surface area contributed by atoms with Gasteiger partial charge in [0.05, 0.1) is 13.2 Å². The molecule has 1 aliphatic heterocycles. The van der Waals surface area contributed by atoms with Crippen LogP contribution in [0.5, 0.6) is 11.5 Å². The molecule has 1 aliphatic rings. The lowest BCUT2D eigenvalue weighted by Gasteiger charge is -2.11. The molecule has 3 rings (SSSR count). The maximum atomic E-state index is 12.2. The van der Waals surface area contributed by atoms with Crippen molar-refractivity contribution in [2.75, 3.05) is 13.2 Å². The molecule has 5 heteroatoms. The fourth-order valence-corrected chi connectivity index (χ4v) is 2.52. The van der Waals surface area contributed by atoms with Gasteiger partial charge < -0.3 is 14.8 Å². The maximum Gasteiger partial charge on any atom is 0.275 e. The van der Waals surface area contributed by atoms with Crippen LogP contribution in [-0.2, 0) is 4.79 Å². The molecule has 1 heterocycles. The number of hydrogen-bond donors (Lipinski definition) is 1. The number of benzene rings is 2. The normalized spacial score (nSPS) is 15.0. The number of nitrogens with zero attached hydrogens (tertiary/aromatic N) is 1. The van der Waals surface area contributed by atoms with E-state index >= 15 is 0 Å². The molecule has 0 spiro atoms. The molecule has 2 aromatic carbocycles. The maximum absolute atomic E-state index is 12.2. The third-order valence-electron chi connectivity index (χ3n) is 3.61. The van der Waals surface area contributed by atoms with Gasteiger partial charge in [-0.25, -0.2) is 4.99 Å². The molecule has 25 heavy (non-hydrogen) atoms. The Morgan fingerprint density at radius 1 is 1.00 bits per heavy atom. The molecular weight excluding hydrogens is 316 g/mol. The van der Waals surface area contributed by atoms with Crippen molar-refractivity contribution in [2.45, 2.75) is 13.8 Å². The van der Waals surface area contributed by atoms with E-state index in [-0.39, 0.29) is 5.91 Å². The largest absolute Gasteiger partial charge is 0.490 e. The lowest BCUT2D eigenvalue weighted by Crippen LogP contribution is -2.24. The van der Waals surface area contributed by atoms with Gasteiger partial charge in [-0.1, -0.05) is 36.4 Å². The Labute approximate surface area is 147 Å². The second-order valence-corrected chi connectivity index (χ2v) is 5.38. The van der Waals surface area contributed by atoms with E-state index in [1.165, 1.54) is 0 Å². The monoisotopic (exact) mass is 336 g/mol. The first-order valence-electron chi connectivity index (χ1n) is 8.28. The number of rotatable bonds is 6. The van der Waals surface area contributed by atoms with Crippen molar-refractivity contribution in [3.8, 4) is 11.5 Å². The summed E-state index contributed by atoms with van der Waals surface area (Å²) < 4.78 is 11.2. The third kappa shape index (κ3) is 3.88. The van der Waals surface area contributed by atoms with E-state index in [0.29, 0.717) is 36.2 Å². The summed E-state index contributed by atoms with van der Waals surface area (Å²) >= 11 is 0. The highest BCUT2D eigenvalue weighted by Crippen LogP contribution is 2.29. The Morgan fingerprint density at radius 3 is 2.44 bits per heavy atom. The topological polar surface area (TPSA) is 59.9 Å². The molecule has 0 aliphatic carbocycles. The second-order valence-electron chi connectivity index (χ2n) is 5.38. The molecule has 0 bridgehead atoms. The van der Waals surface area contributed by atoms with Gasteiger partial charge in [0.1, 0.15) is 11.5 Å². The molecule has 0 saturated heterocycles. The molecule has 0 aromatic heterocycles. The summed E-state index contributed by atoms with van der Waals surface area (Å²) in [6.07, 6.45) is 1.74. The van der Waals surface area contributed by atoms with Crippen LogP contribution in [-0.4, -0.2) is 25.0 Å². The Kier molecular flexibility index (Phi) is 5.14. The first-order chi connectivity index (χ1) is 12.2. The van der Waals surface area contributed by atoms with E-state index in [1.54, 1.807) is 6.08 Å². The molecule has 5 nitrogen and oxygen atoms in total. The summed E-state index contributed by atoms with van der Waals surface area (Å²) in [6, 6.07) is 15.1. The number of ether oxygens (including phenoxy) is 2. The van der Waals surface area contributed by atoms with Crippen molar-refractivity contribution in [2.24, 2.45) is 4.99 Å². The highest BCUT2D eigenvalue weighted by molar-refractivity contribution is 6.19. The highest BCUT2D eigenvalue weighted by atomic mass is 16.5. The first-order valence-corrected chi connectivity index (χ1v) is 8.28. The average molecular weight is 336 g/mol. The Balaban J connectivity index is 1.90. The van der Waals surface area contributed by atoms with Crippen molar-refractivity contribution < 1.29 is 14.3 Å². The average Bonchev–Trinajstić information content (AvgIpc) is 2.99. The number of carbonyl (C=O) groups excluding carboxylic acids is 1. The lowest BCUT2D eigenvalue weighted by molar-refractivity contribution is -0.115. The summed E-state index contributed by atoms with van der Waals surface area (Å²) in [7, 11) is 0. The third-order valence-corrected chi connectivity index (χ3v) is 3.61. The smallest absolute Gasteiger partial charge is 0.275 e. The van der Waals surface area contributed by atoms with Crippen molar-refractivity contribution in [1.82, 2.24) is 5.32 Å². The number of amides is 1. The van der Waals surface area contributed by atoms with E-state index in [1.807, 2.05) is 62.4 Å². The molecule has 0 fully saturated rings. The molecule has 0 unspecified atom stereocenters. The number of hydrogen-bond acceptors (Lipinski definition) is 4. The van der Waals surface area contributed by atoms with E-state index in [4.69, 9.17) is 9.47 Å². The minimum absolute atomic E-state index is 0.217. The Bertz CT molecular complexity index is 826. The van der Waals surface area contributed by atoms with Crippen molar-refractivity contribution >= 4 is 17.8 Å². The summed E-state index contributed by atoms with van der Waals surface area (Å²) in [6.45, 7) is 4.94. The van der Waals surface area contributed by atoms with Crippen molar-refractivity contribution in [3.05, 3.63) is 65.4 Å². The second kappa shape index (κ2) is 7.66. The van der Waals surface area contributed by atoms with Crippen LogP contribution in [0.15, 0.2) is 59.2 Å². The van der Waals surface area contributed by atoms with E-state index in [9.17, 15) is 4.79 Å². The van der Waals surface area contributed by atoms with Gasteiger partial charge in [-0.15, -0.1) is 0 Å². The number of aliphatic imine (C=N–C) groups is 1. The van der Waals surface area contributed by atoms with Gasteiger partial charge in [0, 0.05) is 5.56 Å². The van der Waals surface area contributed by atoms with Gasteiger partial charge in [-0.05, 0) is 37.6 Å². The SMILES string of the molecule is CCOc1ccc(/C=C2/N=C(c3ccccc3)NC2=O)cc1OCC. The van der Waals surface area contributed by atoms with Gasteiger partial charge in [-0.3, -0.25) is 4.79 Å². The van der Waals surface area contributed by atoms with Gasteiger partial charge in [0.2, 0.25) is 0 Å². The van der Waals surface area contributed by atoms with Crippen LogP contribution in [0.4, 0.5) is 0 Å². The molecule has 0 saturated carbocycles. The van der Waals surface area contributed by atoms with Crippen LogP contribution in [0.3, 0.4) is 0 Å². The van der Waals surface area contributed by atoms with E-state index < -0.39 is 0 Å². The Hall–Kier alpha value is -3.08. The lowest BCUT2D eigenvalue weighted by atomic mass is 10.1. The van der Waals surface area contributed by atoms with Gasteiger partial charge >= 0.3 is 0 Å². The van der Waals surface area contributed by atoms with Crippen LogP contribution < -0.4 is 14.8 Å². The summed E-state index contributed by atoms with van der Waals surface area (Å²) in [5.74, 6) is 1.69. The summed E-state index contributed by atoms with van der Waals surface area (Å²) in [4.78, 5) is 16.6. The Morgan fingerprint density at radius 2 is 1.72 bits per heavy atom. The van der Waals surface area contributed by atoms with Crippen LogP contribution in [0.25, 0.3) is 6.08 Å². The fraction of sp³-hybridized carbons (Fsp3) is 0.200. The van der Waals surface area contributed by atoms with Crippen molar-refractivity contribution in [1.29, 1.82) is 0 Å². The van der Waals surface area contributed by atoms with Crippen LogP contribution in [0, 0.1) is 0 Å². The summed E-state index contributed by atoms with van der Waals surface area (Å²) in [5, 5.41) is 2.80. The van der Waals surface area contributed by atoms with Gasteiger partial charge in [0.25, 0.3) is 5.91 Å². The highest BCUT2D eigenvalue weighted by Gasteiger charge is 2.21. The van der Waals surface area contributed by atoms with E-state index in [2.05, 4.69) is 10.3 Å². The fourth-order valence-electron chi connectivity index (χ4n) is 2.52.